The van der Waals surface area contributed by atoms with E-state index in [2.05, 4.69) is 15.3 Å². The summed E-state index contributed by atoms with van der Waals surface area (Å²) in [7, 11) is 0. The molecule has 0 fully saturated rings. The molecule has 3 N–H and O–H groups in total. The van der Waals surface area contributed by atoms with Crippen LogP contribution in [0.25, 0.3) is 22.3 Å². The van der Waals surface area contributed by atoms with Crippen LogP contribution in [0, 0.1) is 0 Å². The Morgan fingerprint density at radius 2 is 1.76 bits per heavy atom. The fourth-order valence-electron chi connectivity index (χ4n) is 2.60. The lowest BCUT2D eigenvalue weighted by molar-refractivity contribution is 0.102. The zero-order chi connectivity index (χ0) is 17.6. The van der Waals surface area contributed by atoms with E-state index in [1.165, 1.54) is 0 Å². The second kappa shape index (κ2) is 5.91. The third-order valence-electron chi connectivity index (χ3n) is 3.71. The maximum Gasteiger partial charge on any atom is 0.260 e. The van der Waals surface area contributed by atoms with Crippen molar-refractivity contribution in [2.45, 2.75) is 0 Å². The number of nitrogens with zero attached hydrogens (tertiary/aromatic N) is 2. The van der Waals surface area contributed by atoms with Crippen LogP contribution in [0.4, 0.5) is 11.6 Å². The molecule has 1 aromatic carbocycles. The predicted molar refractivity (Wildman–Crippen MR) is 97.3 cm³/mol. The number of hydrogen-bond acceptors (Lipinski definition) is 5. The molecule has 1 amide bonds. The Hall–Kier alpha value is -2.83. The Bertz CT molecular complexity index is 1080. The third-order valence-corrected chi connectivity index (χ3v) is 4.45. The minimum absolute atomic E-state index is 0.156. The molecule has 3 aromatic heterocycles. The predicted octanol–water partition coefficient (Wildman–Crippen LogP) is 4.47. The number of anilines is 2. The van der Waals surface area contributed by atoms with Gasteiger partial charge in [-0.1, -0.05) is 23.2 Å². The molecular weight excluding hydrogens is 363 g/mol. The summed E-state index contributed by atoms with van der Waals surface area (Å²) in [4.78, 5) is 20.7. The van der Waals surface area contributed by atoms with E-state index in [0.29, 0.717) is 43.6 Å². The summed E-state index contributed by atoms with van der Waals surface area (Å²) >= 11 is 11.9. The molecule has 2 bridgehead atoms. The van der Waals surface area contributed by atoms with Crippen molar-refractivity contribution < 1.29 is 9.21 Å². The lowest BCUT2D eigenvalue weighted by Gasteiger charge is -2.08. The Balaban J connectivity index is 1.74. The van der Waals surface area contributed by atoms with Crippen LogP contribution in [-0.4, -0.2) is 15.9 Å². The number of carbonyl (C=O) groups excluding carboxylic acids is 1. The van der Waals surface area contributed by atoms with E-state index in [1.807, 2.05) is 0 Å². The van der Waals surface area contributed by atoms with Gasteiger partial charge in [-0.2, -0.15) is 0 Å². The highest BCUT2D eigenvalue weighted by Crippen LogP contribution is 2.37. The minimum atomic E-state index is -0.334. The monoisotopic (exact) mass is 372 g/mol. The molecule has 0 atom stereocenters. The number of carbonyl (C=O) groups is 1. The van der Waals surface area contributed by atoms with Gasteiger partial charge in [0.1, 0.15) is 11.2 Å². The van der Waals surface area contributed by atoms with Crippen molar-refractivity contribution in [3.8, 4) is 11.1 Å². The molecular formula is C17H10Cl2N4O2. The van der Waals surface area contributed by atoms with Gasteiger partial charge < -0.3 is 15.5 Å². The first-order valence-corrected chi connectivity index (χ1v) is 7.97. The normalized spacial score (nSPS) is 11.1. The summed E-state index contributed by atoms with van der Waals surface area (Å²) in [5, 5.41) is 3.56. The minimum Gasteiger partial charge on any atom is -0.456 e. The highest BCUT2D eigenvalue weighted by atomic mass is 35.5. The van der Waals surface area contributed by atoms with Crippen LogP contribution in [0.1, 0.15) is 10.4 Å². The number of rotatable bonds is 3. The highest BCUT2D eigenvalue weighted by molar-refractivity contribution is 6.42. The molecule has 0 aliphatic rings. The first kappa shape index (κ1) is 15.7. The van der Waals surface area contributed by atoms with E-state index in [9.17, 15) is 4.79 Å². The zero-order valence-corrected chi connectivity index (χ0v) is 14.1. The standard InChI is InChI=1S/C17H10Cl2N4O2/c18-10-2-1-9(5-11(10)19)23-16(24)15-13-4-3-12(25-13)14(15)8-6-21-17(20)22-7-8/h1-7H,(H,23,24)(H2,20,21,22). The van der Waals surface area contributed by atoms with Crippen molar-refractivity contribution in [1.29, 1.82) is 0 Å². The summed E-state index contributed by atoms with van der Waals surface area (Å²) in [6, 6.07) is 8.38. The molecule has 0 spiro atoms. The summed E-state index contributed by atoms with van der Waals surface area (Å²) in [5.41, 5.74) is 8.76. The average Bonchev–Trinajstić information content (AvgIpc) is 3.20. The largest absolute Gasteiger partial charge is 0.456 e. The van der Waals surface area contributed by atoms with Crippen molar-refractivity contribution in [2.24, 2.45) is 0 Å². The number of hydrogen-bond donors (Lipinski definition) is 2. The van der Waals surface area contributed by atoms with Gasteiger partial charge in [0.25, 0.3) is 5.91 Å². The second-order valence-corrected chi connectivity index (χ2v) is 6.14. The second-order valence-electron chi connectivity index (χ2n) is 5.33. The molecule has 8 heteroatoms. The molecule has 3 heterocycles. The number of benzene rings is 2. The van der Waals surface area contributed by atoms with Gasteiger partial charge in [-0.25, -0.2) is 9.97 Å². The van der Waals surface area contributed by atoms with Crippen LogP contribution in [-0.2, 0) is 0 Å². The smallest absolute Gasteiger partial charge is 0.260 e. The maximum absolute atomic E-state index is 12.8. The number of amides is 1. The van der Waals surface area contributed by atoms with E-state index >= 15 is 0 Å². The number of halogens is 2. The molecule has 0 saturated heterocycles. The molecule has 0 unspecified atom stereocenters. The van der Waals surface area contributed by atoms with Crippen molar-refractivity contribution in [3.63, 3.8) is 0 Å². The van der Waals surface area contributed by atoms with E-state index < -0.39 is 0 Å². The molecule has 0 aliphatic carbocycles. The van der Waals surface area contributed by atoms with Gasteiger partial charge in [-0.05, 0) is 30.3 Å². The molecule has 4 aromatic rings. The van der Waals surface area contributed by atoms with Crippen LogP contribution < -0.4 is 11.1 Å². The van der Waals surface area contributed by atoms with Gasteiger partial charge in [0.05, 0.1) is 15.6 Å². The van der Waals surface area contributed by atoms with Crippen LogP contribution in [0.2, 0.25) is 10.0 Å². The molecule has 25 heavy (non-hydrogen) atoms. The number of aromatic nitrogens is 2. The zero-order valence-electron chi connectivity index (χ0n) is 12.6. The van der Waals surface area contributed by atoms with Crippen LogP contribution in [0.3, 0.4) is 0 Å². The third kappa shape index (κ3) is 2.75. The van der Waals surface area contributed by atoms with E-state index in [-0.39, 0.29) is 11.9 Å². The van der Waals surface area contributed by atoms with Gasteiger partial charge in [-0.15, -0.1) is 0 Å². The maximum atomic E-state index is 12.8. The lowest BCUT2D eigenvalue weighted by Crippen LogP contribution is -2.13. The fourth-order valence-corrected chi connectivity index (χ4v) is 2.90. The topological polar surface area (TPSA) is 94.0 Å². The van der Waals surface area contributed by atoms with E-state index in [0.717, 1.165) is 0 Å². The molecule has 4 rings (SSSR count). The molecule has 124 valence electrons. The van der Waals surface area contributed by atoms with Crippen LogP contribution in [0.15, 0.2) is 47.1 Å². The van der Waals surface area contributed by atoms with Crippen LogP contribution in [0.5, 0.6) is 0 Å². The van der Waals surface area contributed by atoms with Crippen LogP contribution >= 0.6 is 23.2 Å². The van der Waals surface area contributed by atoms with Crippen molar-refractivity contribution in [3.05, 3.63) is 58.3 Å². The summed E-state index contributed by atoms with van der Waals surface area (Å²) in [6.45, 7) is 0. The highest BCUT2D eigenvalue weighted by Gasteiger charge is 2.24. The fraction of sp³-hybridized carbons (Fsp3) is 0. The Kier molecular flexibility index (Phi) is 3.71. The first-order chi connectivity index (χ1) is 12.0. The number of nitrogen functional groups attached to an aromatic ring is 1. The SMILES string of the molecule is Nc1ncc(-c2c(C(=O)Nc3ccc(Cl)c(Cl)c3)c3ccc2o3)cn1. The molecule has 0 aliphatic heterocycles. The first-order valence-electron chi connectivity index (χ1n) is 7.22. The summed E-state index contributed by atoms with van der Waals surface area (Å²) in [6.07, 6.45) is 3.10. The quantitative estimate of drug-likeness (QED) is 0.553. The van der Waals surface area contributed by atoms with E-state index in [1.54, 1.807) is 42.7 Å². The van der Waals surface area contributed by atoms with Crippen molar-refractivity contribution in [2.75, 3.05) is 11.1 Å². The Morgan fingerprint density at radius 3 is 2.48 bits per heavy atom. The summed E-state index contributed by atoms with van der Waals surface area (Å²) < 4.78 is 5.64. The van der Waals surface area contributed by atoms with Gasteiger partial charge in [0.2, 0.25) is 5.95 Å². The van der Waals surface area contributed by atoms with E-state index in [4.69, 9.17) is 33.4 Å². The van der Waals surface area contributed by atoms with Gasteiger partial charge in [0, 0.05) is 29.2 Å². The number of nitrogens with one attached hydrogen (secondary N) is 1. The Labute approximate surface area is 151 Å². The average molecular weight is 373 g/mol. The number of nitrogens with two attached hydrogens (primary N) is 1. The molecule has 0 radical (unpaired) electrons. The number of furan rings is 2. The molecule has 6 nitrogen and oxygen atoms in total. The van der Waals surface area contributed by atoms with Crippen molar-refractivity contribution in [1.82, 2.24) is 9.97 Å². The van der Waals surface area contributed by atoms with Gasteiger partial charge >= 0.3 is 0 Å². The number of fused-ring (bicyclic) bond motifs is 2. The van der Waals surface area contributed by atoms with Crippen molar-refractivity contribution >= 4 is 51.9 Å². The lowest BCUT2D eigenvalue weighted by atomic mass is 10.0. The molecule has 0 saturated carbocycles. The van der Waals surface area contributed by atoms with Gasteiger partial charge in [-0.3, -0.25) is 4.79 Å². The Morgan fingerprint density at radius 1 is 1.04 bits per heavy atom. The summed E-state index contributed by atoms with van der Waals surface area (Å²) in [5.74, 6) is -0.178. The van der Waals surface area contributed by atoms with Gasteiger partial charge in [0.15, 0.2) is 0 Å².